The van der Waals surface area contributed by atoms with E-state index in [4.69, 9.17) is 0 Å². The van der Waals surface area contributed by atoms with Crippen molar-refractivity contribution in [1.82, 2.24) is 10.2 Å². The summed E-state index contributed by atoms with van der Waals surface area (Å²) in [5, 5.41) is 3.29. The van der Waals surface area contributed by atoms with E-state index in [9.17, 15) is 8.78 Å². The van der Waals surface area contributed by atoms with Gasteiger partial charge in [0.15, 0.2) is 0 Å². The normalized spacial score (nSPS) is 27.6. The molecule has 2 rings (SSSR count). The second kappa shape index (κ2) is 5.41. The zero-order valence-corrected chi connectivity index (χ0v) is 9.66. The van der Waals surface area contributed by atoms with Gasteiger partial charge in [-0.05, 0) is 31.8 Å². The van der Waals surface area contributed by atoms with Crippen LogP contribution in [0.3, 0.4) is 0 Å². The number of rotatable bonds is 2. The maximum Gasteiger partial charge on any atom is 0.261 e. The van der Waals surface area contributed by atoms with Gasteiger partial charge in [-0.3, -0.25) is 4.90 Å². The van der Waals surface area contributed by atoms with E-state index < -0.39 is 5.92 Å². The first kappa shape index (κ1) is 13.1. The van der Waals surface area contributed by atoms with Crippen molar-refractivity contribution >= 4 is 12.4 Å². The first-order valence-electron chi connectivity index (χ1n) is 5.47. The Morgan fingerprint density at radius 2 is 1.93 bits per heavy atom. The van der Waals surface area contributed by atoms with Gasteiger partial charge in [-0.15, -0.1) is 12.4 Å². The Morgan fingerprint density at radius 1 is 1.27 bits per heavy atom. The van der Waals surface area contributed by atoms with E-state index in [0.29, 0.717) is 12.5 Å². The number of halogens is 3. The van der Waals surface area contributed by atoms with Crippen LogP contribution in [0.1, 0.15) is 19.3 Å². The summed E-state index contributed by atoms with van der Waals surface area (Å²) in [5.41, 5.74) is 0. The zero-order valence-electron chi connectivity index (χ0n) is 8.85. The monoisotopic (exact) mass is 240 g/mol. The standard InChI is InChI=1S/C10H18F2N2.ClH/c11-10(12)3-6-14(8-10)7-9-1-4-13-5-2-9;/h9,13H,1-8H2;1H. The van der Waals surface area contributed by atoms with Gasteiger partial charge in [-0.25, -0.2) is 8.78 Å². The topological polar surface area (TPSA) is 15.3 Å². The molecule has 0 aromatic rings. The molecule has 1 N–H and O–H groups in total. The molecule has 90 valence electrons. The maximum absolute atomic E-state index is 12.9. The number of piperidine rings is 1. The zero-order chi connectivity index (χ0) is 10.0. The van der Waals surface area contributed by atoms with Gasteiger partial charge in [0, 0.05) is 19.5 Å². The predicted octanol–water partition coefficient (Wildman–Crippen LogP) is 1.75. The lowest BCUT2D eigenvalue weighted by atomic mass is 9.98. The predicted molar refractivity (Wildman–Crippen MR) is 58.8 cm³/mol. The highest BCUT2D eigenvalue weighted by atomic mass is 35.5. The van der Waals surface area contributed by atoms with Gasteiger partial charge >= 0.3 is 0 Å². The molecule has 2 saturated heterocycles. The summed E-state index contributed by atoms with van der Waals surface area (Å²) in [5.74, 6) is -1.79. The van der Waals surface area contributed by atoms with Crippen molar-refractivity contribution in [3.63, 3.8) is 0 Å². The molecule has 2 heterocycles. The molecule has 0 spiro atoms. The van der Waals surface area contributed by atoms with Crippen molar-refractivity contribution in [3.05, 3.63) is 0 Å². The van der Waals surface area contributed by atoms with Crippen molar-refractivity contribution < 1.29 is 8.78 Å². The Balaban J connectivity index is 0.00000112. The van der Waals surface area contributed by atoms with E-state index >= 15 is 0 Å². The fourth-order valence-corrected chi connectivity index (χ4v) is 2.39. The number of nitrogens with zero attached hydrogens (tertiary/aromatic N) is 1. The minimum absolute atomic E-state index is 0. The second-order valence-electron chi connectivity index (χ2n) is 4.53. The van der Waals surface area contributed by atoms with Crippen LogP contribution in [0.4, 0.5) is 8.78 Å². The average Bonchev–Trinajstić information content (AvgIpc) is 2.47. The van der Waals surface area contributed by atoms with Crippen LogP contribution in [-0.2, 0) is 0 Å². The summed E-state index contributed by atoms with van der Waals surface area (Å²) in [6, 6.07) is 0. The van der Waals surface area contributed by atoms with E-state index in [1.807, 2.05) is 4.90 Å². The van der Waals surface area contributed by atoms with Crippen molar-refractivity contribution in [2.24, 2.45) is 5.92 Å². The minimum Gasteiger partial charge on any atom is -0.317 e. The number of nitrogens with one attached hydrogen (secondary N) is 1. The van der Waals surface area contributed by atoms with Crippen LogP contribution in [0.5, 0.6) is 0 Å². The third-order valence-corrected chi connectivity index (χ3v) is 3.22. The van der Waals surface area contributed by atoms with Gasteiger partial charge in [0.25, 0.3) is 5.92 Å². The molecule has 0 aromatic carbocycles. The van der Waals surface area contributed by atoms with Crippen LogP contribution in [0.15, 0.2) is 0 Å². The van der Waals surface area contributed by atoms with Gasteiger partial charge in [0.05, 0.1) is 6.54 Å². The van der Waals surface area contributed by atoms with Crippen molar-refractivity contribution in [3.8, 4) is 0 Å². The fraction of sp³-hybridized carbons (Fsp3) is 1.00. The van der Waals surface area contributed by atoms with Gasteiger partial charge in [-0.2, -0.15) is 0 Å². The van der Waals surface area contributed by atoms with Gasteiger partial charge in [-0.1, -0.05) is 0 Å². The quantitative estimate of drug-likeness (QED) is 0.791. The molecule has 0 saturated carbocycles. The molecule has 2 fully saturated rings. The minimum atomic E-state index is -2.42. The smallest absolute Gasteiger partial charge is 0.261 e. The van der Waals surface area contributed by atoms with Crippen molar-refractivity contribution in [1.29, 1.82) is 0 Å². The van der Waals surface area contributed by atoms with Crippen molar-refractivity contribution in [2.75, 3.05) is 32.7 Å². The van der Waals surface area contributed by atoms with Crippen LogP contribution in [0.2, 0.25) is 0 Å². The van der Waals surface area contributed by atoms with Gasteiger partial charge in [0.2, 0.25) is 0 Å². The molecule has 5 heteroatoms. The molecule has 0 bridgehead atoms. The lowest BCUT2D eigenvalue weighted by Gasteiger charge is -2.27. The summed E-state index contributed by atoms with van der Waals surface area (Å²) in [7, 11) is 0. The maximum atomic E-state index is 12.9. The summed E-state index contributed by atoms with van der Waals surface area (Å²) in [6.45, 7) is 3.54. The van der Waals surface area contributed by atoms with Crippen molar-refractivity contribution in [2.45, 2.75) is 25.2 Å². The van der Waals surface area contributed by atoms with E-state index in [2.05, 4.69) is 5.32 Å². The Kier molecular flexibility index (Phi) is 4.74. The third kappa shape index (κ3) is 3.85. The third-order valence-electron chi connectivity index (χ3n) is 3.22. The highest BCUT2D eigenvalue weighted by Gasteiger charge is 2.38. The van der Waals surface area contributed by atoms with E-state index in [0.717, 1.165) is 32.5 Å². The Bertz CT molecular complexity index is 196. The van der Waals surface area contributed by atoms with E-state index in [1.54, 1.807) is 0 Å². The molecule has 15 heavy (non-hydrogen) atoms. The van der Waals surface area contributed by atoms with Crippen LogP contribution in [0, 0.1) is 5.92 Å². The largest absolute Gasteiger partial charge is 0.317 e. The number of likely N-dealkylation sites (tertiary alicyclic amines) is 1. The molecule has 0 unspecified atom stereocenters. The van der Waals surface area contributed by atoms with Gasteiger partial charge < -0.3 is 5.32 Å². The van der Waals surface area contributed by atoms with E-state index in [1.165, 1.54) is 0 Å². The molecule has 0 aliphatic carbocycles. The summed E-state index contributed by atoms with van der Waals surface area (Å²) in [6.07, 6.45) is 2.34. The summed E-state index contributed by atoms with van der Waals surface area (Å²) < 4.78 is 25.8. The van der Waals surface area contributed by atoms with Crippen LogP contribution in [-0.4, -0.2) is 43.5 Å². The average molecular weight is 241 g/mol. The molecular formula is C10H19ClF2N2. The molecule has 2 aliphatic heterocycles. The lowest BCUT2D eigenvalue weighted by molar-refractivity contribution is 0.0104. The summed E-state index contributed by atoms with van der Waals surface area (Å²) in [4.78, 5) is 1.93. The lowest BCUT2D eigenvalue weighted by Crippen LogP contribution is -2.36. The molecule has 0 aromatic heterocycles. The molecule has 0 amide bonds. The number of hydrogen-bond donors (Lipinski definition) is 1. The Labute approximate surface area is 95.8 Å². The number of hydrogen-bond acceptors (Lipinski definition) is 2. The van der Waals surface area contributed by atoms with Crippen LogP contribution < -0.4 is 5.32 Å². The van der Waals surface area contributed by atoms with Crippen LogP contribution in [0.25, 0.3) is 0 Å². The first-order chi connectivity index (χ1) is 6.66. The molecule has 0 atom stereocenters. The van der Waals surface area contributed by atoms with Crippen LogP contribution >= 0.6 is 12.4 Å². The SMILES string of the molecule is Cl.FC1(F)CCN(CC2CCNCC2)C1. The first-order valence-corrected chi connectivity index (χ1v) is 5.47. The Morgan fingerprint density at radius 3 is 2.47 bits per heavy atom. The van der Waals surface area contributed by atoms with Gasteiger partial charge in [0.1, 0.15) is 0 Å². The summed E-state index contributed by atoms with van der Waals surface area (Å²) >= 11 is 0. The molecule has 0 radical (unpaired) electrons. The molecular weight excluding hydrogens is 222 g/mol. The number of alkyl halides is 2. The fourth-order valence-electron chi connectivity index (χ4n) is 2.39. The van der Waals surface area contributed by atoms with E-state index in [-0.39, 0.29) is 25.4 Å². The molecule has 2 aliphatic rings. The Hall–Kier alpha value is 0.0700. The highest BCUT2D eigenvalue weighted by Crippen LogP contribution is 2.28. The highest BCUT2D eigenvalue weighted by molar-refractivity contribution is 5.85. The second-order valence-corrected chi connectivity index (χ2v) is 4.53. The molecule has 2 nitrogen and oxygen atoms in total.